The fourth-order valence-corrected chi connectivity index (χ4v) is 1.48. The van der Waals surface area contributed by atoms with Crippen molar-refractivity contribution in [2.45, 2.75) is 6.61 Å². The molecule has 1 aromatic carbocycles. The van der Waals surface area contributed by atoms with Gasteiger partial charge in [-0.05, 0) is 6.07 Å². The topological polar surface area (TPSA) is 105 Å². The number of ether oxygens (including phenoxy) is 2. The molecular formula is C8H6N2O6. The minimum absolute atomic E-state index is 0.0119. The molecular weight excluding hydrogens is 220 g/mol. The number of nitro benzene ring substituents is 2. The molecule has 1 heterocycles. The van der Waals surface area contributed by atoms with E-state index in [9.17, 15) is 20.2 Å². The zero-order valence-corrected chi connectivity index (χ0v) is 7.91. The van der Waals surface area contributed by atoms with Crippen LogP contribution in [0.3, 0.4) is 0 Å². The van der Waals surface area contributed by atoms with Crippen molar-refractivity contribution in [1.29, 1.82) is 0 Å². The lowest BCUT2D eigenvalue weighted by Crippen LogP contribution is -2.13. The van der Waals surface area contributed by atoms with Gasteiger partial charge in [-0.2, -0.15) is 0 Å². The highest BCUT2D eigenvalue weighted by Crippen LogP contribution is 2.38. The molecule has 2 rings (SSSR count). The first kappa shape index (κ1) is 10.3. The Bertz CT molecular complexity index is 472. The van der Waals surface area contributed by atoms with E-state index in [1.807, 2.05) is 0 Å². The lowest BCUT2D eigenvalue weighted by atomic mass is 10.1. The number of benzene rings is 1. The summed E-state index contributed by atoms with van der Waals surface area (Å²) in [4.78, 5) is 19.8. The second-order valence-electron chi connectivity index (χ2n) is 3.03. The molecule has 0 N–H and O–H groups in total. The Morgan fingerprint density at radius 2 is 1.94 bits per heavy atom. The molecule has 0 unspecified atom stereocenters. The molecule has 0 atom stereocenters. The second-order valence-corrected chi connectivity index (χ2v) is 3.03. The predicted octanol–water partition coefficient (Wildman–Crippen LogP) is 1.37. The average molecular weight is 226 g/mol. The van der Waals surface area contributed by atoms with Crippen molar-refractivity contribution in [1.82, 2.24) is 0 Å². The molecule has 0 saturated carbocycles. The van der Waals surface area contributed by atoms with Crippen LogP contribution in [0.2, 0.25) is 0 Å². The van der Waals surface area contributed by atoms with Gasteiger partial charge in [0, 0.05) is 6.07 Å². The van der Waals surface area contributed by atoms with E-state index in [0.717, 1.165) is 6.07 Å². The normalized spacial score (nSPS) is 13.8. The monoisotopic (exact) mass is 226 g/mol. The number of hydrogen-bond donors (Lipinski definition) is 0. The lowest BCUT2D eigenvalue weighted by molar-refractivity contribution is -0.423. The van der Waals surface area contributed by atoms with Gasteiger partial charge in [0.15, 0.2) is 6.79 Å². The highest BCUT2D eigenvalue weighted by Gasteiger charge is 2.32. The van der Waals surface area contributed by atoms with Crippen molar-refractivity contribution in [2.24, 2.45) is 0 Å². The number of fused-ring (bicyclic) bond motifs is 1. The van der Waals surface area contributed by atoms with E-state index in [0.29, 0.717) is 0 Å². The summed E-state index contributed by atoms with van der Waals surface area (Å²) in [6.45, 7) is -0.0741. The molecule has 16 heavy (non-hydrogen) atoms. The van der Waals surface area contributed by atoms with Gasteiger partial charge >= 0.3 is 11.4 Å². The molecule has 0 amide bonds. The van der Waals surface area contributed by atoms with Gasteiger partial charge in [0.25, 0.3) is 0 Å². The largest absolute Gasteiger partial charge is 0.467 e. The summed E-state index contributed by atoms with van der Waals surface area (Å²) in [6, 6.07) is 2.39. The van der Waals surface area contributed by atoms with E-state index in [1.165, 1.54) is 6.07 Å². The highest BCUT2D eigenvalue weighted by atomic mass is 16.7. The van der Waals surface area contributed by atoms with Gasteiger partial charge in [0.05, 0.1) is 16.5 Å². The summed E-state index contributed by atoms with van der Waals surface area (Å²) >= 11 is 0. The molecule has 1 aromatic rings. The van der Waals surface area contributed by atoms with Crippen LogP contribution in [-0.2, 0) is 11.3 Å². The summed E-state index contributed by atoms with van der Waals surface area (Å²) < 4.78 is 9.87. The SMILES string of the molecule is O=[N+]([O-])c1ccc2c(c1[N+](=O)[O-])COCO2. The quantitative estimate of drug-likeness (QED) is 0.557. The molecule has 8 nitrogen and oxygen atoms in total. The maximum Gasteiger partial charge on any atom is 0.355 e. The maximum atomic E-state index is 10.8. The molecule has 0 saturated heterocycles. The van der Waals surface area contributed by atoms with Crippen molar-refractivity contribution in [3.63, 3.8) is 0 Å². The Kier molecular flexibility index (Phi) is 2.41. The zero-order chi connectivity index (χ0) is 11.7. The van der Waals surface area contributed by atoms with Crippen molar-refractivity contribution in [3.05, 3.63) is 37.9 Å². The lowest BCUT2D eigenvalue weighted by Gasteiger charge is -2.16. The molecule has 0 fully saturated rings. The minimum Gasteiger partial charge on any atom is -0.467 e. The molecule has 1 aliphatic heterocycles. The zero-order valence-electron chi connectivity index (χ0n) is 7.91. The van der Waals surface area contributed by atoms with Crippen LogP contribution >= 0.6 is 0 Å². The molecule has 84 valence electrons. The molecule has 0 bridgehead atoms. The average Bonchev–Trinajstić information content (AvgIpc) is 2.27. The summed E-state index contributed by atoms with van der Waals surface area (Å²) in [7, 11) is 0. The van der Waals surface area contributed by atoms with Crippen molar-refractivity contribution in [3.8, 4) is 5.75 Å². The molecule has 8 heteroatoms. The highest BCUT2D eigenvalue weighted by molar-refractivity contribution is 5.62. The third kappa shape index (κ3) is 1.54. The summed E-state index contributed by atoms with van der Waals surface area (Å²) in [5, 5.41) is 21.4. The van der Waals surface area contributed by atoms with Crippen LogP contribution in [0.25, 0.3) is 0 Å². The van der Waals surface area contributed by atoms with Gasteiger partial charge in [-0.15, -0.1) is 0 Å². The van der Waals surface area contributed by atoms with Crippen LogP contribution in [0.1, 0.15) is 5.56 Å². The van der Waals surface area contributed by atoms with Gasteiger partial charge in [-0.1, -0.05) is 0 Å². The first-order chi connectivity index (χ1) is 7.61. The van der Waals surface area contributed by atoms with Crippen LogP contribution in [0.4, 0.5) is 11.4 Å². The first-order valence-electron chi connectivity index (χ1n) is 4.26. The van der Waals surface area contributed by atoms with E-state index in [-0.39, 0.29) is 24.7 Å². The third-order valence-electron chi connectivity index (χ3n) is 2.14. The number of nitrogens with zero attached hydrogens (tertiary/aromatic N) is 2. The van der Waals surface area contributed by atoms with Crippen LogP contribution in [0, 0.1) is 20.2 Å². The van der Waals surface area contributed by atoms with Gasteiger partial charge in [-0.3, -0.25) is 20.2 Å². The molecule has 0 aliphatic carbocycles. The van der Waals surface area contributed by atoms with Crippen LogP contribution in [-0.4, -0.2) is 16.6 Å². The van der Waals surface area contributed by atoms with Crippen molar-refractivity contribution in [2.75, 3.05) is 6.79 Å². The standard InChI is InChI=1S/C8H6N2O6/c11-9(12)6-1-2-7-5(3-15-4-16-7)8(6)10(13)14/h1-2H,3-4H2. The number of nitro groups is 2. The van der Waals surface area contributed by atoms with E-state index in [1.54, 1.807) is 0 Å². The molecule has 0 spiro atoms. The van der Waals surface area contributed by atoms with Crippen LogP contribution in [0.5, 0.6) is 5.75 Å². The Labute approximate surface area is 88.7 Å². The second kappa shape index (κ2) is 3.74. The smallest absolute Gasteiger partial charge is 0.355 e. The Balaban J connectivity index is 2.66. The number of hydrogen-bond acceptors (Lipinski definition) is 6. The molecule has 0 aromatic heterocycles. The Morgan fingerprint density at radius 1 is 1.19 bits per heavy atom. The minimum atomic E-state index is -0.799. The summed E-state index contributed by atoms with van der Waals surface area (Å²) in [6.07, 6.45) is 0. The van der Waals surface area contributed by atoms with Crippen molar-refractivity contribution < 1.29 is 19.3 Å². The van der Waals surface area contributed by atoms with E-state index in [2.05, 4.69) is 0 Å². The summed E-state index contributed by atoms with van der Waals surface area (Å²) in [5.74, 6) is 0.253. The van der Waals surface area contributed by atoms with E-state index in [4.69, 9.17) is 9.47 Å². The first-order valence-corrected chi connectivity index (χ1v) is 4.26. The van der Waals surface area contributed by atoms with Gasteiger partial charge in [0.2, 0.25) is 0 Å². The number of rotatable bonds is 2. The Morgan fingerprint density at radius 3 is 2.56 bits per heavy atom. The fourth-order valence-electron chi connectivity index (χ4n) is 1.48. The van der Waals surface area contributed by atoms with Gasteiger partial charge in [0.1, 0.15) is 11.3 Å². The third-order valence-corrected chi connectivity index (χ3v) is 2.14. The van der Waals surface area contributed by atoms with E-state index < -0.39 is 21.2 Å². The van der Waals surface area contributed by atoms with Crippen molar-refractivity contribution >= 4 is 11.4 Å². The Hall–Kier alpha value is -2.22. The van der Waals surface area contributed by atoms with Crippen LogP contribution in [0.15, 0.2) is 12.1 Å². The molecule has 1 aliphatic rings. The van der Waals surface area contributed by atoms with Gasteiger partial charge in [-0.25, -0.2) is 0 Å². The predicted molar refractivity (Wildman–Crippen MR) is 50.0 cm³/mol. The summed E-state index contributed by atoms with van der Waals surface area (Å²) in [5.41, 5.74) is -1.02. The van der Waals surface area contributed by atoms with Crippen LogP contribution < -0.4 is 4.74 Å². The fraction of sp³-hybridized carbons (Fsp3) is 0.250. The van der Waals surface area contributed by atoms with E-state index >= 15 is 0 Å². The van der Waals surface area contributed by atoms with Gasteiger partial charge < -0.3 is 9.47 Å². The molecule has 0 radical (unpaired) electrons. The maximum absolute atomic E-state index is 10.8.